The summed E-state index contributed by atoms with van der Waals surface area (Å²) >= 11 is 0. The van der Waals surface area contributed by atoms with Crippen molar-refractivity contribution >= 4 is 17.5 Å². The predicted molar refractivity (Wildman–Crippen MR) is 102 cm³/mol. The van der Waals surface area contributed by atoms with E-state index in [0.717, 1.165) is 37.1 Å². The lowest BCUT2D eigenvalue weighted by Gasteiger charge is -2.15. The summed E-state index contributed by atoms with van der Waals surface area (Å²) in [6.45, 7) is 5.57. The van der Waals surface area contributed by atoms with Gasteiger partial charge < -0.3 is 15.0 Å². The van der Waals surface area contributed by atoms with Crippen LogP contribution in [0, 0.1) is 13.8 Å². The van der Waals surface area contributed by atoms with Crippen LogP contribution in [0.4, 0.5) is 5.69 Å². The lowest BCUT2D eigenvalue weighted by atomic mass is 10.1. The summed E-state index contributed by atoms with van der Waals surface area (Å²) in [6, 6.07) is 12.8. The number of carbonyl (C=O) groups excluding carboxylic acids is 2. The number of nitrogens with zero attached hydrogens (tertiary/aromatic N) is 1. The Hall–Kier alpha value is -2.82. The summed E-state index contributed by atoms with van der Waals surface area (Å²) in [5.41, 5.74) is 3.46. The third-order valence-electron chi connectivity index (χ3n) is 4.50. The monoisotopic (exact) mass is 352 g/mol. The summed E-state index contributed by atoms with van der Waals surface area (Å²) in [5, 5.41) is 2.79. The zero-order valence-electron chi connectivity index (χ0n) is 15.2. The first kappa shape index (κ1) is 18.0. The van der Waals surface area contributed by atoms with E-state index in [1.54, 1.807) is 24.3 Å². The topological polar surface area (TPSA) is 58.6 Å². The zero-order valence-corrected chi connectivity index (χ0v) is 15.2. The number of anilines is 1. The number of benzene rings is 2. The molecule has 5 heteroatoms. The Kier molecular flexibility index (Phi) is 5.56. The van der Waals surface area contributed by atoms with Crippen molar-refractivity contribution in [1.82, 2.24) is 4.90 Å². The maximum absolute atomic E-state index is 12.3. The normalized spacial score (nSPS) is 13.5. The van der Waals surface area contributed by atoms with Crippen LogP contribution in [0.15, 0.2) is 42.5 Å². The number of hydrogen-bond donors (Lipinski definition) is 1. The highest BCUT2D eigenvalue weighted by atomic mass is 16.5. The molecule has 0 radical (unpaired) electrons. The average Bonchev–Trinajstić information content (AvgIpc) is 3.16. The lowest BCUT2D eigenvalue weighted by molar-refractivity contribution is -0.118. The Labute approximate surface area is 154 Å². The highest BCUT2D eigenvalue weighted by Crippen LogP contribution is 2.19. The fraction of sp³-hybridized carbons (Fsp3) is 0.333. The molecular formula is C21H24N2O3. The van der Waals surface area contributed by atoms with E-state index in [1.165, 1.54) is 0 Å². The zero-order chi connectivity index (χ0) is 18.5. The smallest absolute Gasteiger partial charge is 0.262 e. The van der Waals surface area contributed by atoms with E-state index in [9.17, 15) is 9.59 Å². The van der Waals surface area contributed by atoms with Gasteiger partial charge >= 0.3 is 0 Å². The van der Waals surface area contributed by atoms with Gasteiger partial charge in [-0.2, -0.15) is 0 Å². The van der Waals surface area contributed by atoms with Gasteiger partial charge in [0.25, 0.3) is 11.8 Å². The van der Waals surface area contributed by atoms with E-state index in [4.69, 9.17) is 4.74 Å². The molecule has 0 bridgehead atoms. The van der Waals surface area contributed by atoms with Crippen molar-refractivity contribution in [3.05, 3.63) is 59.2 Å². The Morgan fingerprint density at radius 1 is 1.04 bits per heavy atom. The average molecular weight is 352 g/mol. The molecule has 5 nitrogen and oxygen atoms in total. The third kappa shape index (κ3) is 4.42. The van der Waals surface area contributed by atoms with E-state index in [-0.39, 0.29) is 18.4 Å². The molecule has 0 atom stereocenters. The van der Waals surface area contributed by atoms with Gasteiger partial charge in [-0.3, -0.25) is 9.59 Å². The highest BCUT2D eigenvalue weighted by Gasteiger charge is 2.19. The number of likely N-dealkylation sites (tertiary alicyclic amines) is 1. The largest absolute Gasteiger partial charge is 0.483 e. The molecule has 0 aromatic heterocycles. The summed E-state index contributed by atoms with van der Waals surface area (Å²) in [6.07, 6.45) is 2.14. The molecule has 2 amide bonds. The predicted octanol–water partition coefficient (Wildman–Crippen LogP) is 3.56. The fourth-order valence-corrected chi connectivity index (χ4v) is 3.10. The molecule has 26 heavy (non-hydrogen) atoms. The number of aryl methyl sites for hydroxylation is 2. The Morgan fingerprint density at radius 3 is 2.38 bits per heavy atom. The maximum Gasteiger partial charge on any atom is 0.262 e. The van der Waals surface area contributed by atoms with Gasteiger partial charge in [-0.05, 0) is 62.6 Å². The van der Waals surface area contributed by atoms with E-state index in [0.29, 0.717) is 17.0 Å². The van der Waals surface area contributed by atoms with Crippen molar-refractivity contribution in [2.24, 2.45) is 0 Å². The van der Waals surface area contributed by atoms with Gasteiger partial charge in [-0.1, -0.05) is 17.7 Å². The van der Waals surface area contributed by atoms with Crippen LogP contribution in [0.25, 0.3) is 0 Å². The van der Waals surface area contributed by atoms with Crippen molar-refractivity contribution in [2.45, 2.75) is 26.7 Å². The van der Waals surface area contributed by atoms with Crippen molar-refractivity contribution < 1.29 is 14.3 Å². The molecule has 1 aliphatic rings. The van der Waals surface area contributed by atoms with E-state index >= 15 is 0 Å². The molecule has 0 spiro atoms. The van der Waals surface area contributed by atoms with Crippen LogP contribution in [0.1, 0.15) is 34.3 Å². The molecule has 1 aliphatic heterocycles. The second kappa shape index (κ2) is 8.04. The number of nitrogens with one attached hydrogen (secondary N) is 1. The van der Waals surface area contributed by atoms with Crippen LogP contribution in [-0.4, -0.2) is 36.4 Å². The van der Waals surface area contributed by atoms with Crippen LogP contribution in [0.2, 0.25) is 0 Å². The van der Waals surface area contributed by atoms with E-state index in [2.05, 4.69) is 5.32 Å². The van der Waals surface area contributed by atoms with Gasteiger partial charge in [0.15, 0.2) is 6.61 Å². The van der Waals surface area contributed by atoms with E-state index < -0.39 is 0 Å². The quantitative estimate of drug-likeness (QED) is 0.895. The summed E-state index contributed by atoms with van der Waals surface area (Å²) in [7, 11) is 0. The first-order valence-corrected chi connectivity index (χ1v) is 8.92. The van der Waals surface area contributed by atoms with Crippen LogP contribution in [-0.2, 0) is 4.79 Å². The molecule has 3 rings (SSSR count). The summed E-state index contributed by atoms with van der Waals surface area (Å²) in [4.78, 5) is 26.3. The van der Waals surface area contributed by atoms with Gasteiger partial charge in [0, 0.05) is 24.3 Å². The molecule has 136 valence electrons. The molecular weight excluding hydrogens is 328 g/mol. The van der Waals surface area contributed by atoms with E-state index in [1.807, 2.05) is 36.9 Å². The van der Waals surface area contributed by atoms with Crippen molar-refractivity contribution in [3.63, 3.8) is 0 Å². The molecule has 1 fully saturated rings. The Balaban J connectivity index is 1.53. The minimum absolute atomic E-state index is 0.0542. The highest BCUT2D eigenvalue weighted by molar-refractivity contribution is 5.96. The lowest BCUT2D eigenvalue weighted by Crippen LogP contribution is -2.27. The number of amides is 2. The van der Waals surface area contributed by atoms with Gasteiger partial charge in [-0.25, -0.2) is 0 Å². The molecule has 1 N–H and O–H groups in total. The van der Waals surface area contributed by atoms with Gasteiger partial charge in [-0.15, -0.1) is 0 Å². The Bertz CT molecular complexity index is 793. The van der Waals surface area contributed by atoms with Gasteiger partial charge in [0.2, 0.25) is 0 Å². The SMILES string of the molecule is Cc1ccc(OCC(=O)Nc2ccc(C(=O)N3CCCC3)cc2)c(C)c1. The number of rotatable bonds is 5. The third-order valence-corrected chi connectivity index (χ3v) is 4.50. The van der Waals surface area contributed by atoms with Crippen LogP contribution >= 0.6 is 0 Å². The molecule has 0 saturated carbocycles. The number of carbonyl (C=O) groups is 2. The maximum atomic E-state index is 12.3. The number of ether oxygens (including phenoxy) is 1. The fourth-order valence-electron chi connectivity index (χ4n) is 3.10. The first-order valence-electron chi connectivity index (χ1n) is 8.92. The molecule has 2 aromatic carbocycles. The molecule has 1 saturated heterocycles. The first-order chi connectivity index (χ1) is 12.5. The minimum Gasteiger partial charge on any atom is -0.483 e. The van der Waals surface area contributed by atoms with Gasteiger partial charge in [0.05, 0.1) is 0 Å². The van der Waals surface area contributed by atoms with Crippen molar-refractivity contribution in [3.8, 4) is 5.75 Å². The number of hydrogen-bond acceptors (Lipinski definition) is 3. The summed E-state index contributed by atoms with van der Waals surface area (Å²) < 4.78 is 5.58. The molecule has 0 aliphatic carbocycles. The molecule has 2 aromatic rings. The van der Waals surface area contributed by atoms with Crippen LogP contribution in [0.3, 0.4) is 0 Å². The van der Waals surface area contributed by atoms with Gasteiger partial charge in [0.1, 0.15) is 5.75 Å². The Morgan fingerprint density at radius 2 is 1.73 bits per heavy atom. The second-order valence-corrected chi connectivity index (χ2v) is 6.68. The van der Waals surface area contributed by atoms with Crippen LogP contribution in [0.5, 0.6) is 5.75 Å². The van der Waals surface area contributed by atoms with Crippen molar-refractivity contribution in [1.29, 1.82) is 0 Å². The minimum atomic E-state index is -0.233. The van der Waals surface area contributed by atoms with Crippen molar-refractivity contribution in [2.75, 3.05) is 25.0 Å². The standard InChI is InChI=1S/C21H24N2O3/c1-15-5-10-19(16(2)13-15)26-14-20(24)22-18-8-6-17(7-9-18)21(25)23-11-3-4-12-23/h5-10,13H,3-4,11-12,14H2,1-2H3,(H,22,24). The molecule has 1 heterocycles. The summed E-state index contributed by atoms with van der Waals surface area (Å²) in [5.74, 6) is 0.527. The second-order valence-electron chi connectivity index (χ2n) is 6.68. The molecule has 0 unspecified atom stereocenters. The van der Waals surface area contributed by atoms with Crippen LogP contribution < -0.4 is 10.1 Å².